The van der Waals surface area contributed by atoms with E-state index in [1.807, 2.05) is 13.8 Å². The SMILES string of the molecule is COC(=O)c1[nH]c(C(C)C)cc1O. The summed E-state index contributed by atoms with van der Waals surface area (Å²) in [6, 6.07) is 1.54. The molecule has 0 fully saturated rings. The third kappa shape index (κ3) is 1.83. The third-order valence-corrected chi connectivity index (χ3v) is 1.83. The molecule has 13 heavy (non-hydrogen) atoms. The van der Waals surface area contributed by atoms with Gasteiger partial charge in [0.1, 0.15) is 5.75 Å². The van der Waals surface area contributed by atoms with Gasteiger partial charge in [-0.1, -0.05) is 13.8 Å². The molecular weight excluding hydrogens is 170 g/mol. The Morgan fingerprint density at radius 3 is 2.62 bits per heavy atom. The van der Waals surface area contributed by atoms with Gasteiger partial charge >= 0.3 is 5.97 Å². The van der Waals surface area contributed by atoms with E-state index in [4.69, 9.17) is 0 Å². The molecule has 0 unspecified atom stereocenters. The molecule has 0 aliphatic carbocycles. The summed E-state index contributed by atoms with van der Waals surface area (Å²) in [5, 5.41) is 9.35. The van der Waals surface area contributed by atoms with Crippen molar-refractivity contribution in [3.05, 3.63) is 17.5 Å². The number of carbonyl (C=O) groups excluding carboxylic acids is 1. The number of hydrogen-bond acceptors (Lipinski definition) is 3. The molecule has 0 amide bonds. The lowest BCUT2D eigenvalue weighted by Gasteiger charge is -1.99. The summed E-state index contributed by atoms with van der Waals surface area (Å²) in [5.41, 5.74) is 0.934. The molecule has 2 N–H and O–H groups in total. The molecule has 0 radical (unpaired) electrons. The Morgan fingerprint density at radius 1 is 1.62 bits per heavy atom. The van der Waals surface area contributed by atoms with Crippen LogP contribution in [-0.4, -0.2) is 23.2 Å². The Morgan fingerprint density at radius 2 is 2.23 bits per heavy atom. The fraction of sp³-hybridized carbons (Fsp3) is 0.444. The second-order valence-corrected chi connectivity index (χ2v) is 3.13. The Kier molecular flexibility index (Phi) is 2.60. The van der Waals surface area contributed by atoms with Crippen molar-refractivity contribution < 1.29 is 14.6 Å². The van der Waals surface area contributed by atoms with Crippen LogP contribution in [0, 0.1) is 0 Å². The molecule has 0 spiro atoms. The predicted molar refractivity (Wildman–Crippen MR) is 47.9 cm³/mol. The summed E-state index contributed by atoms with van der Waals surface area (Å²) in [6.07, 6.45) is 0. The minimum absolute atomic E-state index is 0.0597. The number of ether oxygens (including phenoxy) is 1. The van der Waals surface area contributed by atoms with E-state index in [1.165, 1.54) is 13.2 Å². The lowest BCUT2D eigenvalue weighted by Crippen LogP contribution is -2.02. The number of aromatic nitrogens is 1. The van der Waals surface area contributed by atoms with Gasteiger partial charge in [-0.3, -0.25) is 0 Å². The average Bonchev–Trinajstić information content (AvgIpc) is 2.46. The molecule has 4 nitrogen and oxygen atoms in total. The van der Waals surface area contributed by atoms with E-state index in [0.29, 0.717) is 0 Å². The summed E-state index contributed by atoms with van der Waals surface area (Å²) in [7, 11) is 1.28. The van der Waals surface area contributed by atoms with Gasteiger partial charge in [-0.2, -0.15) is 0 Å². The van der Waals surface area contributed by atoms with E-state index in [-0.39, 0.29) is 17.4 Å². The molecule has 72 valence electrons. The normalized spacial score (nSPS) is 10.5. The lowest BCUT2D eigenvalue weighted by molar-refractivity contribution is 0.0591. The van der Waals surface area contributed by atoms with Crippen molar-refractivity contribution >= 4 is 5.97 Å². The maximum atomic E-state index is 11.1. The Hall–Kier alpha value is -1.45. The largest absolute Gasteiger partial charge is 0.505 e. The van der Waals surface area contributed by atoms with E-state index in [9.17, 15) is 9.90 Å². The number of hydrogen-bond donors (Lipinski definition) is 2. The van der Waals surface area contributed by atoms with Gasteiger partial charge in [0.05, 0.1) is 7.11 Å². The first-order valence-electron chi connectivity index (χ1n) is 4.06. The van der Waals surface area contributed by atoms with Crippen LogP contribution < -0.4 is 0 Å². The number of esters is 1. The van der Waals surface area contributed by atoms with Crippen molar-refractivity contribution in [3.8, 4) is 5.75 Å². The summed E-state index contributed by atoms with van der Waals surface area (Å²) in [6.45, 7) is 3.93. The summed E-state index contributed by atoms with van der Waals surface area (Å²) in [4.78, 5) is 13.9. The minimum Gasteiger partial charge on any atom is -0.505 e. The first-order chi connectivity index (χ1) is 6.06. The molecule has 0 bridgehead atoms. The summed E-state index contributed by atoms with van der Waals surface area (Å²) >= 11 is 0. The molecule has 0 aliphatic rings. The molecule has 1 aromatic heterocycles. The van der Waals surface area contributed by atoms with Crippen molar-refractivity contribution in [2.75, 3.05) is 7.11 Å². The topological polar surface area (TPSA) is 62.3 Å². The van der Waals surface area contributed by atoms with Crippen LogP contribution in [0.25, 0.3) is 0 Å². The standard InChI is InChI=1S/C9H13NO3/c1-5(2)6-4-7(11)8(10-6)9(12)13-3/h4-5,10-11H,1-3H3. The van der Waals surface area contributed by atoms with Crippen LogP contribution >= 0.6 is 0 Å². The van der Waals surface area contributed by atoms with E-state index in [1.54, 1.807) is 0 Å². The van der Waals surface area contributed by atoms with Crippen LogP contribution in [0.4, 0.5) is 0 Å². The monoisotopic (exact) mass is 183 g/mol. The number of nitrogens with one attached hydrogen (secondary N) is 1. The maximum Gasteiger partial charge on any atom is 0.358 e. The quantitative estimate of drug-likeness (QED) is 0.685. The van der Waals surface area contributed by atoms with Crippen molar-refractivity contribution in [2.45, 2.75) is 19.8 Å². The van der Waals surface area contributed by atoms with Gasteiger partial charge in [0.2, 0.25) is 0 Å². The highest BCUT2D eigenvalue weighted by Gasteiger charge is 2.16. The van der Waals surface area contributed by atoms with Gasteiger partial charge in [0.25, 0.3) is 0 Å². The van der Waals surface area contributed by atoms with E-state index in [0.717, 1.165) is 5.69 Å². The first kappa shape index (κ1) is 9.64. The van der Waals surface area contributed by atoms with Gasteiger partial charge in [0, 0.05) is 11.8 Å². The number of rotatable bonds is 2. The number of methoxy groups -OCH3 is 1. The van der Waals surface area contributed by atoms with Gasteiger partial charge < -0.3 is 14.8 Å². The van der Waals surface area contributed by atoms with E-state index < -0.39 is 5.97 Å². The summed E-state index contributed by atoms with van der Waals surface area (Å²) in [5.74, 6) is -0.371. The second kappa shape index (κ2) is 3.51. The lowest BCUT2D eigenvalue weighted by atomic mass is 10.1. The van der Waals surface area contributed by atoms with E-state index in [2.05, 4.69) is 9.72 Å². The van der Waals surface area contributed by atoms with Crippen molar-refractivity contribution in [2.24, 2.45) is 0 Å². The molecule has 0 aromatic carbocycles. The molecule has 0 atom stereocenters. The molecule has 1 aromatic rings. The van der Waals surface area contributed by atoms with Gasteiger partial charge in [-0.25, -0.2) is 4.79 Å². The third-order valence-electron chi connectivity index (χ3n) is 1.83. The molecule has 1 rings (SSSR count). The molecule has 0 saturated heterocycles. The van der Waals surface area contributed by atoms with Crippen LogP contribution in [0.15, 0.2) is 6.07 Å². The fourth-order valence-corrected chi connectivity index (χ4v) is 1.03. The zero-order valence-electron chi connectivity index (χ0n) is 7.92. The first-order valence-corrected chi connectivity index (χ1v) is 4.06. The Balaban J connectivity index is 3.03. The van der Waals surface area contributed by atoms with Crippen LogP contribution in [0.5, 0.6) is 5.75 Å². The van der Waals surface area contributed by atoms with E-state index >= 15 is 0 Å². The zero-order chi connectivity index (χ0) is 10.0. The van der Waals surface area contributed by atoms with Crippen LogP contribution in [0.3, 0.4) is 0 Å². The van der Waals surface area contributed by atoms with Crippen molar-refractivity contribution in [3.63, 3.8) is 0 Å². The molecule has 1 heterocycles. The smallest absolute Gasteiger partial charge is 0.358 e. The van der Waals surface area contributed by atoms with Crippen molar-refractivity contribution in [1.29, 1.82) is 0 Å². The Labute approximate surface area is 76.5 Å². The minimum atomic E-state index is -0.551. The van der Waals surface area contributed by atoms with Crippen LogP contribution in [-0.2, 0) is 4.74 Å². The zero-order valence-corrected chi connectivity index (χ0v) is 7.92. The maximum absolute atomic E-state index is 11.1. The Bertz CT molecular complexity index is 315. The number of aromatic hydroxyl groups is 1. The average molecular weight is 183 g/mol. The summed E-state index contributed by atoms with van der Waals surface area (Å²) < 4.78 is 4.48. The fourth-order valence-electron chi connectivity index (χ4n) is 1.03. The number of H-pyrrole nitrogens is 1. The number of carbonyl (C=O) groups is 1. The highest BCUT2D eigenvalue weighted by molar-refractivity contribution is 5.90. The van der Waals surface area contributed by atoms with Gasteiger partial charge in [-0.15, -0.1) is 0 Å². The molecule has 0 aliphatic heterocycles. The number of aromatic amines is 1. The highest BCUT2D eigenvalue weighted by Crippen LogP contribution is 2.23. The predicted octanol–water partition coefficient (Wildman–Crippen LogP) is 1.63. The van der Waals surface area contributed by atoms with Gasteiger partial charge in [-0.05, 0) is 5.92 Å². The highest BCUT2D eigenvalue weighted by atomic mass is 16.5. The van der Waals surface area contributed by atoms with Gasteiger partial charge in [0.15, 0.2) is 5.69 Å². The molecular formula is C9H13NO3. The van der Waals surface area contributed by atoms with Crippen molar-refractivity contribution in [1.82, 2.24) is 4.98 Å². The molecule has 4 heteroatoms. The van der Waals surface area contributed by atoms with Crippen LogP contribution in [0.1, 0.15) is 35.9 Å². The molecule has 0 saturated carbocycles. The second-order valence-electron chi connectivity index (χ2n) is 3.13. The van der Waals surface area contributed by atoms with Crippen LogP contribution in [0.2, 0.25) is 0 Å².